The fourth-order valence-corrected chi connectivity index (χ4v) is 5.33. The third-order valence-electron chi connectivity index (χ3n) is 5.88. The largest absolute Gasteiger partial charge is 0.494 e. The van der Waals surface area contributed by atoms with E-state index in [-0.39, 0.29) is 23.4 Å². The molecule has 1 unspecified atom stereocenters. The number of esters is 1. The minimum Gasteiger partial charge on any atom is -0.494 e. The molecule has 37 heavy (non-hydrogen) atoms. The average Bonchev–Trinajstić information content (AvgIpc) is 2.81. The quantitative estimate of drug-likeness (QED) is 0.0930. The number of carbonyl (C=O) groups excluding carboxylic acids is 2. The molecule has 2 atom stereocenters. The lowest BCUT2D eigenvalue weighted by Crippen LogP contribution is -2.53. The van der Waals surface area contributed by atoms with E-state index in [0.717, 1.165) is 5.56 Å². The van der Waals surface area contributed by atoms with Crippen molar-refractivity contribution in [1.29, 1.82) is 0 Å². The first-order valence-electron chi connectivity index (χ1n) is 12.5. The van der Waals surface area contributed by atoms with Crippen LogP contribution < -0.4 is 4.74 Å². The van der Waals surface area contributed by atoms with Crippen LogP contribution in [0.4, 0.5) is 0 Å². The predicted octanol–water partition coefficient (Wildman–Crippen LogP) is 6.13. The van der Waals surface area contributed by atoms with E-state index in [2.05, 4.69) is 39.2 Å². The summed E-state index contributed by atoms with van der Waals surface area (Å²) in [6, 6.07) is 16.7. The Bertz CT molecular complexity index is 1090. The molecule has 0 spiro atoms. The molecule has 2 aromatic rings. The highest BCUT2D eigenvalue weighted by atomic mass is 28.4. The second-order valence-corrected chi connectivity index (χ2v) is 15.7. The van der Waals surface area contributed by atoms with Crippen LogP contribution in [0.3, 0.4) is 0 Å². The second-order valence-electron chi connectivity index (χ2n) is 11.2. The molecule has 0 aromatic heterocycles. The number of Topliss-reactive ketones (excluding diaryl/α,β-unsaturated/α-hetero) is 1. The van der Waals surface area contributed by atoms with Gasteiger partial charge in [-0.15, -0.1) is 0 Å². The van der Waals surface area contributed by atoms with E-state index >= 15 is 0 Å². The number of rotatable bonds is 10. The van der Waals surface area contributed by atoms with Gasteiger partial charge >= 0.3 is 5.97 Å². The van der Waals surface area contributed by atoms with E-state index < -0.39 is 20.0 Å². The van der Waals surface area contributed by atoms with Gasteiger partial charge in [-0.2, -0.15) is 0 Å². The Kier molecular flexibility index (Phi) is 10.7. The van der Waals surface area contributed by atoms with Crippen LogP contribution in [0, 0.1) is 11.8 Å². The molecule has 0 aliphatic heterocycles. The van der Waals surface area contributed by atoms with Gasteiger partial charge in [0.25, 0.3) is 0 Å². The van der Waals surface area contributed by atoms with E-state index in [1.165, 1.54) is 0 Å². The fraction of sp³-hybridized carbons (Fsp3) is 0.467. The summed E-state index contributed by atoms with van der Waals surface area (Å²) in [7, 11) is -2.55. The van der Waals surface area contributed by atoms with Crippen LogP contribution in [0.2, 0.25) is 11.6 Å². The Hall–Kier alpha value is -2.92. The van der Waals surface area contributed by atoms with Crippen LogP contribution >= 0.6 is 0 Å². The molecule has 0 radical (unpaired) electrons. The van der Waals surface area contributed by atoms with Crippen molar-refractivity contribution in [2.75, 3.05) is 12.8 Å². The molecular formula is C30H40O6Si. The minimum absolute atomic E-state index is 0.180. The van der Waals surface area contributed by atoms with Gasteiger partial charge in [0.05, 0.1) is 6.61 Å². The highest BCUT2D eigenvalue weighted by molar-refractivity contribution is 6.75. The Morgan fingerprint density at radius 2 is 1.57 bits per heavy atom. The zero-order valence-corrected chi connectivity index (χ0v) is 24.3. The first kappa shape index (κ1) is 30.3. The average molecular weight is 525 g/mol. The van der Waals surface area contributed by atoms with Gasteiger partial charge in [0.1, 0.15) is 30.3 Å². The number of benzene rings is 2. The van der Waals surface area contributed by atoms with Crippen molar-refractivity contribution in [3.63, 3.8) is 0 Å². The minimum atomic E-state index is -2.55. The lowest BCUT2D eigenvalue weighted by atomic mass is 10.1. The van der Waals surface area contributed by atoms with Crippen LogP contribution in [-0.2, 0) is 25.3 Å². The van der Waals surface area contributed by atoms with Gasteiger partial charge < -0.3 is 18.6 Å². The predicted molar refractivity (Wildman–Crippen MR) is 148 cm³/mol. The Morgan fingerprint density at radius 3 is 2.14 bits per heavy atom. The van der Waals surface area contributed by atoms with Crippen molar-refractivity contribution in [2.45, 2.75) is 78.4 Å². The van der Waals surface area contributed by atoms with Gasteiger partial charge in [-0.1, -0.05) is 57.0 Å². The van der Waals surface area contributed by atoms with E-state index in [0.29, 0.717) is 24.2 Å². The first-order chi connectivity index (χ1) is 17.2. The van der Waals surface area contributed by atoms with E-state index in [1.807, 2.05) is 51.1 Å². The lowest BCUT2D eigenvalue weighted by molar-refractivity contribution is -0.163. The van der Waals surface area contributed by atoms with Gasteiger partial charge in [-0.05, 0) is 75.0 Å². The van der Waals surface area contributed by atoms with E-state index in [4.69, 9.17) is 18.6 Å². The molecule has 7 heteroatoms. The molecule has 0 fully saturated rings. The highest BCUT2D eigenvalue weighted by Crippen LogP contribution is 2.38. The van der Waals surface area contributed by atoms with Crippen LogP contribution in [0.25, 0.3) is 0 Å². The molecule has 6 nitrogen and oxygen atoms in total. The van der Waals surface area contributed by atoms with Crippen LogP contribution in [-0.4, -0.2) is 44.6 Å². The van der Waals surface area contributed by atoms with Crippen LogP contribution in [0.15, 0.2) is 54.6 Å². The summed E-state index contributed by atoms with van der Waals surface area (Å²) in [5.74, 6) is 5.34. The molecule has 0 saturated carbocycles. The van der Waals surface area contributed by atoms with Crippen molar-refractivity contribution in [3.05, 3.63) is 65.7 Å². The molecule has 0 N–H and O–H groups in total. The lowest BCUT2D eigenvalue weighted by Gasteiger charge is -2.40. The van der Waals surface area contributed by atoms with Crippen molar-refractivity contribution in [2.24, 2.45) is 0 Å². The monoisotopic (exact) mass is 524 g/mol. The smallest absolute Gasteiger partial charge is 0.334 e. The van der Waals surface area contributed by atoms with Gasteiger partial charge in [0.15, 0.2) is 0 Å². The second kappa shape index (κ2) is 13.0. The molecule has 0 amide bonds. The SMILES string of the molecule is C[C@@H](O[Si](C)(COc1ccc(C(=O)C#CCOCc2ccccc2)cc1)C(C)(C)C)C(=O)OC(C)(C)C. The third-order valence-corrected chi connectivity index (χ3v) is 10.6. The summed E-state index contributed by atoms with van der Waals surface area (Å²) in [5, 5.41) is -0.197. The Labute approximate surface area is 222 Å². The Balaban J connectivity index is 1.93. The molecule has 0 saturated heterocycles. The van der Waals surface area contributed by atoms with Crippen molar-refractivity contribution < 1.29 is 28.2 Å². The van der Waals surface area contributed by atoms with Crippen molar-refractivity contribution >= 4 is 20.1 Å². The normalized spacial score (nSPS) is 14.1. The van der Waals surface area contributed by atoms with Gasteiger partial charge in [0.2, 0.25) is 14.1 Å². The standard InChI is InChI=1S/C30H40O6Si/c1-23(28(32)35-29(2,3)4)36-37(8,30(5,6)7)22-34-26-18-16-25(17-19-26)27(31)15-12-20-33-21-24-13-10-9-11-14-24/h9-11,13-14,16-19,23H,20-22H2,1-8H3/t23-,37?/m1/s1. The Morgan fingerprint density at radius 1 is 0.946 bits per heavy atom. The summed E-state index contributed by atoms with van der Waals surface area (Å²) >= 11 is 0. The molecule has 2 rings (SSSR count). The van der Waals surface area contributed by atoms with Gasteiger partial charge in [-0.3, -0.25) is 4.79 Å². The van der Waals surface area contributed by atoms with E-state index in [1.54, 1.807) is 31.2 Å². The van der Waals surface area contributed by atoms with Crippen molar-refractivity contribution in [1.82, 2.24) is 0 Å². The topological polar surface area (TPSA) is 71.1 Å². The maximum Gasteiger partial charge on any atom is 0.334 e. The number of ketones is 1. The summed E-state index contributed by atoms with van der Waals surface area (Å²) in [6.07, 6.45) is -0.357. The van der Waals surface area contributed by atoms with Crippen LogP contribution in [0.1, 0.15) is 64.4 Å². The zero-order chi connectivity index (χ0) is 27.7. The molecule has 0 aliphatic carbocycles. The van der Waals surface area contributed by atoms with Gasteiger partial charge in [0, 0.05) is 5.56 Å². The van der Waals surface area contributed by atoms with Gasteiger partial charge in [-0.25, -0.2) is 4.79 Å². The first-order valence-corrected chi connectivity index (χ1v) is 15.1. The molecule has 2 aromatic carbocycles. The molecular weight excluding hydrogens is 484 g/mol. The summed E-state index contributed by atoms with van der Waals surface area (Å²) in [4.78, 5) is 24.9. The summed E-state index contributed by atoms with van der Waals surface area (Å²) in [5.41, 5.74) is 0.957. The van der Waals surface area contributed by atoms with Crippen molar-refractivity contribution in [3.8, 4) is 17.6 Å². The highest BCUT2D eigenvalue weighted by Gasteiger charge is 2.46. The summed E-state index contributed by atoms with van der Waals surface area (Å²) < 4.78 is 23.4. The number of hydrogen-bond acceptors (Lipinski definition) is 6. The number of ether oxygens (including phenoxy) is 3. The third kappa shape index (κ3) is 10.2. The fourth-order valence-electron chi connectivity index (χ4n) is 3.16. The van der Waals surface area contributed by atoms with E-state index in [9.17, 15) is 9.59 Å². The van der Waals surface area contributed by atoms with Crippen LogP contribution in [0.5, 0.6) is 5.75 Å². The molecule has 0 bridgehead atoms. The molecule has 0 aliphatic rings. The molecule has 0 heterocycles. The number of hydrogen-bond donors (Lipinski definition) is 0. The molecule has 200 valence electrons. The summed E-state index contributed by atoms with van der Waals surface area (Å²) in [6.45, 7) is 16.2. The maximum absolute atomic E-state index is 12.5. The maximum atomic E-state index is 12.5. The zero-order valence-electron chi connectivity index (χ0n) is 23.3. The number of carbonyl (C=O) groups is 2.